The molecule has 0 saturated heterocycles. The van der Waals surface area contributed by atoms with E-state index in [4.69, 9.17) is 17.3 Å². The van der Waals surface area contributed by atoms with E-state index in [1.807, 2.05) is 32.0 Å². The smallest absolute Gasteiger partial charge is 0.312 e. The first-order chi connectivity index (χ1) is 9.93. The van der Waals surface area contributed by atoms with Crippen LogP contribution in [0.25, 0.3) is 0 Å². The maximum atomic E-state index is 12.1. The molecule has 3 amide bonds. The van der Waals surface area contributed by atoms with E-state index < -0.39 is 12.1 Å². The van der Waals surface area contributed by atoms with E-state index in [9.17, 15) is 9.59 Å². The third-order valence-corrected chi connectivity index (χ3v) is 3.63. The van der Waals surface area contributed by atoms with Crippen LogP contribution in [0, 0.1) is 5.92 Å². The van der Waals surface area contributed by atoms with E-state index in [0.717, 1.165) is 12.0 Å². The number of benzene rings is 1. The van der Waals surface area contributed by atoms with Crippen LogP contribution in [0.4, 0.5) is 4.79 Å². The van der Waals surface area contributed by atoms with Crippen LogP contribution in [-0.4, -0.2) is 24.5 Å². The van der Waals surface area contributed by atoms with Gasteiger partial charge in [-0.25, -0.2) is 4.79 Å². The number of amides is 3. The fraction of sp³-hybridized carbons (Fsp3) is 0.467. The van der Waals surface area contributed by atoms with E-state index >= 15 is 0 Å². The molecule has 0 bridgehead atoms. The molecule has 1 rings (SSSR count). The molecule has 0 radical (unpaired) electrons. The lowest BCUT2D eigenvalue weighted by Crippen LogP contribution is -2.52. The third-order valence-electron chi connectivity index (χ3n) is 3.40. The summed E-state index contributed by atoms with van der Waals surface area (Å²) in [5, 5.41) is 5.99. The van der Waals surface area contributed by atoms with Gasteiger partial charge >= 0.3 is 6.03 Å². The van der Waals surface area contributed by atoms with Crippen molar-refractivity contribution in [1.29, 1.82) is 0 Å². The van der Waals surface area contributed by atoms with Crippen molar-refractivity contribution in [2.75, 3.05) is 6.54 Å². The summed E-state index contributed by atoms with van der Waals surface area (Å²) in [6.45, 7) is 4.34. The first kappa shape index (κ1) is 17.3. The van der Waals surface area contributed by atoms with E-state index in [1.54, 1.807) is 6.07 Å². The second-order valence-corrected chi connectivity index (χ2v) is 5.48. The number of nitrogens with one attached hydrogen (secondary N) is 2. The molecule has 21 heavy (non-hydrogen) atoms. The number of primary amides is 1. The quantitative estimate of drug-likeness (QED) is 0.720. The summed E-state index contributed by atoms with van der Waals surface area (Å²) in [6, 6.07) is 6.19. The summed E-state index contributed by atoms with van der Waals surface area (Å²) in [5.74, 6) is -0.200. The number of hydrogen-bond donors (Lipinski definition) is 3. The molecule has 0 aliphatic heterocycles. The van der Waals surface area contributed by atoms with Crippen molar-refractivity contribution in [2.45, 2.75) is 32.7 Å². The van der Waals surface area contributed by atoms with Crippen LogP contribution in [0.5, 0.6) is 0 Å². The van der Waals surface area contributed by atoms with E-state index in [-0.39, 0.29) is 11.8 Å². The molecule has 1 aromatic carbocycles. The molecule has 0 spiro atoms. The van der Waals surface area contributed by atoms with Crippen LogP contribution in [0.15, 0.2) is 24.3 Å². The molecule has 0 aromatic heterocycles. The van der Waals surface area contributed by atoms with Gasteiger partial charge in [0.15, 0.2) is 0 Å². The molecule has 116 valence electrons. The normalized spacial score (nSPS) is 13.3. The van der Waals surface area contributed by atoms with Crippen LogP contribution in [0.1, 0.15) is 25.8 Å². The molecule has 4 N–H and O–H groups in total. The van der Waals surface area contributed by atoms with Gasteiger partial charge in [0.2, 0.25) is 5.91 Å². The van der Waals surface area contributed by atoms with Crippen molar-refractivity contribution in [3.05, 3.63) is 34.9 Å². The highest BCUT2D eigenvalue weighted by Crippen LogP contribution is 2.11. The molecule has 2 unspecified atom stereocenters. The average molecular weight is 312 g/mol. The minimum atomic E-state index is -0.690. The average Bonchev–Trinajstić information content (AvgIpc) is 2.43. The van der Waals surface area contributed by atoms with Gasteiger partial charge in [-0.3, -0.25) is 4.79 Å². The van der Waals surface area contributed by atoms with Gasteiger partial charge < -0.3 is 16.4 Å². The summed E-state index contributed by atoms with van der Waals surface area (Å²) in [6.07, 6.45) is 1.45. The monoisotopic (exact) mass is 311 g/mol. The number of urea groups is 1. The largest absolute Gasteiger partial charge is 0.354 e. The fourth-order valence-electron chi connectivity index (χ4n) is 1.99. The molecule has 2 atom stereocenters. The van der Waals surface area contributed by atoms with Gasteiger partial charge in [0.05, 0.1) is 0 Å². The SMILES string of the molecule is CCC(C)C(NC(N)=O)C(=O)NCCc1cccc(Cl)c1. The molecular weight excluding hydrogens is 290 g/mol. The first-order valence-corrected chi connectivity index (χ1v) is 7.40. The number of hydrogen-bond acceptors (Lipinski definition) is 2. The highest BCUT2D eigenvalue weighted by atomic mass is 35.5. The Morgan fingerprint density at radius 2 is 2.10 bits per heavy atom. The van der Waals surface area contributed by atoms with Gasteiger partial charge in [-0.15, -0.1) is 0 Å². The topological polar surface area (TPSA) is 84.2 Å². The number of rotatable bonds is 7. The number of halogens is 1. The second kappa shape index (κ2) is 8.52. The Morgan fingerprint density at radius 3 is 2.67 bits per heavy atom. The van der Waals surface area contributed by atoms with Gasteiger partial charge in [-0.1, -0.05) is 44.0 Å². The Morgan fingerprint density at radius 1 is 1.38 bits per heavy atom. The highest BCUT2D eigenvalue weighted by molar-refractivity contribution is 6.30. The highest BCUT2D eigenvalue weighted by Gasteiger charge is 2.24. The zero-order valence-electron chi connectivity index (χ0n) is 12.4. The Bertz CT molecular complexity index is 494. The summed E-state index contributed by atoms with van der Waals surface area (Å²) in [4.78, 5) is 23.1. The van der Waals surface area contributed by atoms with Crippen molar-refractivity contribution >= 4 is 23.5 Å². The molecule has 0 heterocycles. The van der Waals surface area contributed by atoms with E-state index in [2.05, 4.69) is 10.6 Å². The maximum absolute atomic E-state index is 12.1. The summed E-state index contributed by atoms with van der Waals surface area (Å²) in [7, 11) is 0. The molecule has 0 aliphatic carbocycles. The molecule has 0 aliphatic rings. The lowest BCUT2D eigenvalue weighted by atomic mass is 9.98. The number of nitrogens with two attached hydrogens (primary N) is 1. The number of carbonyl (C=O) groups excluding carboxylic acids is 2. The van der Waals surface area contributed by atoms with Crippen molar-refractivity contribution in [3.8, 4) is 0 Å². The van der Waals surface area contributed by atoms with Crippen molar-refractivity contribution < 1.29 is 9.59 Å². The Labute approximate surface area is 130 Å². The Hall–Kier alpha value is -1.75. The summed E-state index contributed by atoms with van der Waals surface area (Å²) >= 11 is 5.91. The standard InChI is InChI=1S/C15H22ClN3O2/c1-3-10(2)13(19-15(17)21)14(20)18-8-7-11-5-4-6-12(16)9-11/h4-6,9-10,13H,3,7-8H2,1-2H3,(H,18,20)(H3,17,19,21). The Balaban J connectivity index is 2.51. The predicted octanol–water partition coefficient (Wildman–Crippen LogP) is 2.08. The van der Waals surface area contributed by atoms with Gasteiger partial charge in [0.1, 0.15) is 6.04 Å². The minimum Gasteiger partial charge on any atom is -0.354 e. The molecular formula is C15H22ClN3O2. The van der Waals surface area contributed by atoms with Gasteiger partial charge in [-0.05, 0) is 30.0 Å². The van der Waals surface area contributed by atoms with E-state index in [0.29, 0.717) is 18.0 Å². The van der Waals surface area contributed by atoms with Crippen LogP contribution in [0.3, 0.4) is 0 Å². The molecule has 0 fully saturated rings. The van der Waals surface area contributed by atoms with Crippen molar-refractivity contribution in [3.63, 3.8) is 0 Å². The summed E-state index contributed by atoms with van der Waals surface area (Å²) in [5.41, 5.74) is 6.16. The molecule has 5 nitrogen and oxygen atoms in total. The second-order valence-electron chi connectivity index (χ2n) is 5.04. The van der Waals surface area contributed by atoms with Crippen LogP contribution in [0.2, 0.25) is 5.02 Å². The molecule has 1 aromatic rings. The zero-order valence-corrected chi connectivity index (χ0v) is 13.1. The summed E-state index contributed by atoms with van der Waals surface area (Å²) < 4.78 is 0. The molecule has 0 saturated carbocycles. The van der Waals surface area contributed by atoms with Gasteiger partial charge in [-0.2, -0.15) is 0 Å². The minimum absolute atomic E-state index is 0.0173. The van der Waals surface area contributed by atoms with E-state index in [1.165, 1.54) is 0 Å². The van der Waals surface area contributed by atoms with Crippen molar-refractivity contribution in [1.82, 2.24) is 10.6 Å². The zero-order chi connectivity index (χ0) is 15.8. The predicted molar refractivity (Wildman–Crippen MR) is 84.1 cm³/mol. The van der Waals surface area contributed by atoms with Crippen LogP contribution >= 0.6 is 11.6 Å². The molecule has 6 heteroatoms. The first-order valence-electron chi connectivity index (χ1n) is 7.02. The lowest BCUT2D eigenvalue weighted by Gasteiger charge is -2.22. The maximum Gasteiger partial charge on any atom is 0.312 e. The van der Waals surface area contributed by atoms with Crippen molar-refractivity contribution in [2.24, 2.45) is 11.7 Å². The van der Waals surface area contributed by atoms with Gasteiger partial charge in [0.25, 0.3) is 0 Å². The van der Waals surface area contributed by atoms with Crippen LogP contribution < -0.4 is 16.4 Å². The fourth-order valence-corrected chi connectivity index (χ4v) is 2.20. The van der Waals surface area contributed by atoms with Crippen LogP contribution in [-0.2, 0) is 11.2 Å². The third kappa shape index (κ3) is 6.04. The number of carbonyl (C=O) groups is 2. The van der Waals surface area contributed by atoms with Gasteiger partial charge in [0, 0.05) is 11.6 Å². The Kier molecular flexibility index (Phi) is 7.02. The lowest BCUT2D eigenvalue weighted by molar-refractivity contribution is -0.124.